The third-order valence-electron chi connectivity index (χ3n) is 5.19. The van der Waals surface area contributed by atoms with Gasteiger partial charge in [0.2, 0.25) is 6.54 Å². The third-order valence-corrected chi connectivity index (χ3v) is 5.85. The summed E-state index contributed by atoms with van der Waals surface area (Å²) >= 11 is 1.75. The Kier molecular flexibility index (Phi) is 4.62. The van der Waals surface area contributed by atoms with Crippen LogP contribution in [0.15, 0.2) is 11.6 Å². The molecule has 6 heteroatoms. The summed E-state index contributed by atoms with van der Waals surface area (Å²) in [5.41, 5.74) is 0.0900. The zero-order chi connectivity index (χ0) is 16.7. The number of carbonyl (C=O) groups is 1. The zero-order valence-corrected chi connectivity index (χ0v) is 14.5. The Morgan fingerprint density at radius 3 is 2.68 bits per heavy atom. The molecule has 2 aliphatic rings. The molecule has 2 rings (SSSR count). The van der Waals surface area contributed by atoms with E-state index in [2.05, 4.69) is 6.08 Å². The molecule has 22 heavy (non-hydrogen) atoms. The first kappa shape index (κ1) is 17.3. The fourth-order valence-corrected chi connectivity index (χ4v) is 5.39. The molecule has 0 aromatic carbocycles. The average Bonchev–Trinajstić information content (AvgIpc) is 2.64. The van der Waals surface area contributed by atoms with Gasteiger partial charge in [-0.25, -0.2) is 0 Å². The van der Waals surface area contributed by atoms with E-state index in [-0.39, 0.29) is 17.4 Å². The lowest BCUT2D eigenvalue weighted by Gasteiger charge is -2.55. The van der Waals surface area contributed by atoms with E-state index in [1.807, 2.05) is 27.0 Å². The molecule has 0 amide bonds. The van der Waals surface area contributed by atoms with Crippen molar-refractivity contribution in [2.24, 2.45) is 28.6 Å². The largest absolute Gasteiger partial charge is 0.481 e. The third kappa shape index (κ3) is 2.90. The predicted octanol–water partition coefficient (Wildman–Crippen LogP) is 3.33. The molecule has 1 fully saturated rings. The molecular formula is C16H25NO4S. The first-order chi connectivity index (χ1) is 10.1. The topological polar surface area (TPSA) is 80.4 Å². The number of rotatable bonds is 6. The number of hydrogen-bond donors (Lipinski definition) is 1. The predicted molar refractivity (Wildman–Crippen MR) is 87.6 cm³/mol. The second-order valence-corrected chi connectivity index (χ2v) is 8.68. The monoisotopic (exact) mass is 327 g/mol. The smallest absolute Gasteiger partial charge is 0.307 e. The maximum Gasteiger partial charge on any atom is 0.307 e. The van der Waals surface area contributed by atoms with Gasteiger partial charge in [-0.15, -0.1) is 0 Å². The Labute approximate surface area is 135 Å². The van der Waals surface area contributed by atoms with Crippen molar-refractivity contribution in [3.8, 4) is 0 Å². The van der Waals surface area contributed by atoms with Crippen molar-refractivity contribution in [2.45, 2.75) is 33.6 Å². The number of nitro groups is 1. The van der Waals surface area contributed by atoms with Crippen LogP contribution in [0.5, 0.6) is 0 Å². The number of nitrogens with zero attached hydrogens (tertiary/aromatic N) is 1. The van der Waals surface area contributed by atoms with E-state index in [1.165, 1.54) is 5.57 Å². The fraction of sp³-hybridized carbons (Fsp3) is 0.812. The number of aliphatic carboxylic acids is 1. The van der Waals surface area contributed by atoms with Crippen molar-refractivity contribution in [3.05, 3.63) is 21.8 Å². The summed E-state index contributed by atoms with van der Waals surface area (Å²) in [5, 5.41) is 21.0. The molecule has 1 N–H and O–H groups in total. The molecule has 0 spiro atoms. The molecule has 0 radical (unpaired) electrons. The summed E-state index contributed by atoms with van der Waals surface area (Å²) in [6.45, 7) is 5.39. The van der Waals surface area contributed by atoms with E-state index in [4.69, 9.17) is 0 Å². The second-order valence-electron chi connectivity index (χ2n) is 7.81. The van der Waals surface area contributed by atoms with Crippen LogP contribution in [0.2, 0.25) is 0 Å². The van der Waals surface area contributed by atoms with E-state index < -0.39 is 22.7 Å². The van der Waals surface area contributed by atoms with Crippen LogP contribution in [-0.4, -0.2) is 34.6 Å². The minimum Gasteiger partial charge on any atom is -0.481 e. The molecule has 0 aromatic rings. The van der Waals surface area contributed by atoms with Crippen LogP contribution < -0.4 is 0 Å². The highest BCUT2D eigenvalue weighted by molar-refractivity contribution is 7.98. The van der Waals surface area contributed by atoms with Crippen LogP contribution in [0.3, 0.4) is 0 Å². The Morgan fingerprint density at radius 2 is 2.23 bits per heavy atom. The zero-order valence-electron chi connectivity index (χ0n) is 13.7. The van der Waals surface area contributed by atoms with Crippen molar-refractivity contribution in [1.82, 2.24) is 0 Å². The van der Waals surface area contributed by atoms with Gasteiger partial charge >= 0.3 is 5.97 Å². The van der Waals surface area contributed by atoms with Crippen LogP contribution in [0, 0.1) is 38.7 Å². The lowest BCUT2D eigenvalue weighted by atomic mass is 9.46. The highest BCUT2D eigenvalue weighted by Gasteiger charge is 2.65. The Bertz CT molecular complexity index is 511. The molecular weight excluding hydrogens is 302 g/mol. The van der Waals surface area contributed by atoms with Gasteiger partial charge in [-0.2, -0.15) is 11.8 Å². The summed E-state index contributed by atoms with van der Waals surface area (Å²) in [5.74, 6) is -0.225. The molecule has 4 atom stereocenters. The van der Waals surface area contributed by atoms with Gasteiger partial charge in [-0.3, -0.25) is 14.9 Å². The van der Waals surface area contributed by atoms with Gasteiger partial charge in [0, 0.05) is 10.7 Å². The van der Waals surface area contributed by atoms with E-state index in [0.29, 0.717) is 12.3 Å². The fourth-order valence-electron chi connectivity index (χ4n) is 4.80. The number of fused-ring (bicyclic) bond motifs is 1. The number of carboxylic acid groups (broad SMARTS) is 1. The molecule has 1 unspecified atom stereocenters. The number of allylic oxidation sites excluding steroid dienone is 1. The lowest BCUT2D eigenvalue weighted by Crippen LogP contribution is -2.59. The van der Waals surface area contributed by atoms with Gasteiger partial charge in [0.15, 0.2) is 0 Å². The van der Waals surface area contributed by atoms with Crippen LogP contribution in [-0.2, 0) is 4.79 Å². The molecule has 0 aliphatic heterocycles. The molecule has 2 aliphatic carbocycles. The lowest BCUT2D eigenvalue weighted by molar-refractivity contribution is -0.510. The average molecular weight is 327 g/mol. The van der Waals surface area contributed by atoms with Gasteiger partial charge in [0.25, 0.3) is 0 Å². The Hall–Kier alpha value is -1.04. The number of hydrogen-bond acceptors (Lipinski definition) is 4. The van der Waals surface area contributed by atoms with Crippen LogP contribution in [0.25, 0.3) is 0 Å². The summed E-state index contributed by atoms with van der Waals surface area (Å²) in [7, 11) is 0. The highest BCUT2D eigenvalue weighted by atomic mass is 32.2. The number of thioether (sulfide) groups is 1. The highest BCUT2D eigenvalue weighted by Crippen LogP contribution is 2.64. The van der Waals surface area contributed by atoms with Crippen molar-refractivity contribution in [2.75, 3.05) is 18.6 Å². The van der Waals surface area contributed by atoms with Crippen LogP contribution in [0.1, 0.15) is 33.6 Å². The Balaban J connectivity index is 2.39. The van der Waals surface area contributed by atoms with Crippen molar-refractivity contribution in [3.63, 3.8) is 0 Å². The summed E-state index contributed by atoms with van der Waals surface area (Å²) in [4.78, 5) is 22.8. The number of carboxylic acids is 1. The molecule has 0 aromatic heterocycles. The first-order valence-electron chi connectivity index (χ1n) is 7.65. The molecule has 5 nitrogen and oxygen atoms in total. The molecule has 124 valence electrons. The van der Waals surface area contributed by atoms with E-state index in [1.54, 1.807) is 11.8 Å². The Morgan fingerprint density at radius 1 is 1.59 bits per heavy atom. The van der Waals surface area contributed by atoms with Crippen molar-refractivity contribution >= 4 is 17.7 Å². The van der Waals surface area contributed by atoms with E-state index in [9.17, 15) is 20.0 Å². The van der Waals surface area contributed by atoms with Crippen molar-refractivity contribution < 1.29 is 14.8 Å². The van der Waals surface area contributed by atoms with E-state index in [0.717, 1.165) is 12.2 Å². The van der Waals surface area contributed by atoms with Gasteiger partial charge in [-0.05, 0) is 36.3 Å². The van der Waals surface area contributed by atoms with Gasteiger partial charge in [-0.1, -0.05) is 32.4 Å². The molecule has 1 saturated carbocycles. The SMILES string of the molecule is CSCC1=C[C@H]2[C@@H](C1)C[C@@]2(C[N+](=O)[O-])C(C(=O)O)C(C)(C)C. The minimum absolute atomic E-state index is 0.0420. The summed E-state index contributed by atoms with van der Waals surface area (Å²) < 4.78 is 0. The normalized spacial score (nSPS) is 31.9. The second kappa shape index (κ2) is 5.87. The van der Waals surface area contributed by atoms with Gasteiger partial charge in [0.1, 0.15) is 0 Å². The summed E-state index contributed by atoms with van der Waals surface area (Å²) in [6, 6.07) is 0. The maximum absolute atomic E-state index is 11.9. The van der Waals surface area contributed by atoms with Gasteiger partial charge in [0.05, 0.1) is 11.3 Å². The molecule has 0 heterocycles. The summed E-state index contributed by atoms with van der Waals surface area (Å²) in [6.07, 6.45) is 5.82. The molecule has 0 saturated heterocycles. The minimum atomic E-state index is -0.903. The quantitative estimate of drug-likeness (QED) is 0.460. The van der Waals surface area contributed by atoms with E-state index >= 15 is 0 Å². The van der Waals surface area contributed by atoms with Crippen LogP contribution in [0.4, 0.5) is 0 Å². The first-order valence-corrected chi connectivity index (χ1v) is 9.04. The maximum atomic E-state index is 11.9. The van der Waals surface area contributed by atoms with Gasteiger partial charge < -0.3 is 5.11 Å². The van der Waals surface area contributed by atoms with Crippen molar-refractivity contribution in [1.29, 1.82) is 0 Å². The molecule has 0 bridgehead atoms. The standard InChI is InChI=1S/C16H25NO4S/c1-15(2,3)13(14(18)19)16(9-17(20)21)7-11-5-10(8-22-4)6-12(11)16/h6,11-13H,5,7-9H2,1-4H3,(H,18,19)/t11-,12-,13?,16-/m0/s1. The van der Waals surface area contributed by atoms with Crippen LogP contribution >= 0.6 is 11.8 Å².